The molecular formula is C25H21FN2O2. The lowest BCUT2D eigenvalue weighted by atomic mass is 10.1. The van der Waals surface area contributed by atoms with Crippen molar-refractivity contribution >= 4 is 23.5 Å². The lowest BCUT2D eigenvalue weighted by molar-refractivity contribution is -0.113. The number of carbonyl (C=O) groups excluding carboxylic acids is 1. The van der Waals surface area contributed by atoms with Crippen LogP contribution in [0.15, 0.2) is 83.5 Å². The lowest BCUT2D eigenvalue weighted by Gasteiger charge is -2.19. The van der Waals surface area contributed by atoms with Crippen molar-refractivity contribution in [3.63, 3.8) is 0 Å². The zero-order valence-corrected chi connectivity index (χ0v) is 16.8. The van der Waals surface area contributed by atoms with Crippen molar-refractivity contribution in [2.24, 2.45) is 4.99 Å². The van der Waals surface area contributed by atoms with Gasteiger partial charge in [-0.2, -0.15) is 0 Å². The van der Waals surface area contributed by atoms with Gasteiger partial charge in [0.05, 0.1) is 12.3 Å². The molecule has 1 heterocycles. The standard InChI is InChI=1S/C25H21FN2O2/c1-3-30-22-13-7-18(8-14-22)16-23-25(29)28(21-6-4-5-17(2)15-21)24(27-23)19-9-11-20(26)12-10-19/h4-16H,3H2,1-2H3/b23-16+. The molecule has 1 aliphatic heterocycles. The molecule has 4 nitrogen and oxygen atoms in total. The Hall–Kier alpha value is -3.73. The second-order valence-corrected chi connectivity index (χ2v) is 6.95. The molecule has 150 valence electrons. The van der Waals surface area contributed by atoms with Crippen molar-refractivity contribution in [2.45, 2.75) is 13.8 Å². The van der Waals surface area contributed by atoms with E-state index in [1.165, 1.54) is 12.1 Å². The first kappa shape index (κ1) is 19.6. The maximum absolute atomic E-state index is 13.4. The summed E-state index contributed by atoms with van der Waals surface area (Å²) in [4.78, 5) is 19.5. The van der Waals surface area contributed by atoms with Crippen LogP contribution < -0.4 is 9.64 Å². The lowest BCUT2D eigenvalue weighted by Crippen LogP contribution is -2.32. The van der Waals surface area contributed by atoms with Gasteiger partial charge in [-0.3, -0.25) is 9.69 Å². The molecule has 30 heavy (non-hydrogen) atoms. The van der Waals surface area contributed by atoms with Crippen molar-refractivity contribution in [2.75, 3.05) is 11.5 Å². The Kier molecular flexibility index (Phi) is 5.44. The van der Waals surface area contributed by atoms with Crippen molar-refractivity contribution in [1.29, 1.82) is 0 Å². The number of halogens is 1. The molecule has 4 rings (SSSR count). The van der Waals surface area contributed by atoms with E-state index in [0.29, 0.717) is 23.7 Å². The van der Waals surface area contributed by atoms with Gasteiger partial charge in [0, 0.05) is 5.56 Å². The van der Waals surface area contributed by atoms with Crippen molar-refractivity contribution in [3.8, 4) is 5.75 Å². The highest BCUT2D eigenvalue weighted by molar-refractivity contribution is 6.33. The molecule has 0 fully saturated rings. The summed E-state index contributed by atoms with van der Waals surface area (Å²) in [5, 5.41) is 0. The number of hydrogen-bond donors (Lipinski definition) is 0. The van der Waals surface area contributed by atoms with E-state index in [4.69, 9.17) is 4.74 Å². The average Bonchev–Trinajstić information content (AvgIpc) is 3.06. The minimum Gasteiger partial charge on any atom is -0.494 e. The number of benzene rings is 3. The quantitative estimate of drug-likeness (QED) is 0.541. The number of rotatable bonds is 5. The summed E-state index contributed by atoms with van der Waals surface area (Å²) in [6, 6.07) is 21.1. The summed E-state index contributed by atoms with van der Waals surface area (Å²) in [7, 11) is 0. The van der Waals surface area contributed by atoms with Gasteiger partial charge in [-0.15, -0.1) is 0 Å². The maximum Gasteiger partial charge on any atom is 0.282 e. The average molecular weight is 400 g/mol. The van der Waals surface area contributed by atoms with Gasteiger partial charge in [0.2, 0.25) is 0 Å². The van der Waals surface area contributed by atoms with Crippen LogP contribution >= 0.6 is 0 Å². The Bertz CT molecular complexity index is 1130. The molecule has 0 spiro atoms. The number of hydrogen-bond acceptors (Lipinski definition) is 3. The van der Waals surface area contributed by atoms with E-state index in [1.807, 2.05) is 62.4 Å². The van der Waals surface area contributed by atoms with E-state index in [2.05, 4.69) is 4.99 Å². The van der Waals surface area contributed by atoms with Crippen LogP contribution in [0.1, 0.15) is 23.6 Å². The predicted octanol–water partition coefficient (Wildman–Crippen LogP) is 5.37. The number of aryl methyl sites for hydroxylation is 1. The van der Waals surface area contributed by atoms with Gasteiger partial charge < -0.3 is 4.74 Å². The minimum absolute atomic E-state index is 0.228. The van der Waals surface area contributed by atoms with Crippen LogP contribution in [0.4, 0.5) is 10.1 Å². The third-order valence-corrected chi connectivity index (χ3v) is 4.72. The molecule has 1 aliphatic rings. The van der Waals surface area contributed by atoms with E-state index in [-0.39, 0.29) is 11.7 Å². The fourth-order valence-electron chi connectivity index (χ4n) is 3.30. The summed E-state index contributed by atoms with van der Waals surface area (Å²) >= 11 is 0. The van der Waals surface area contributed by atoms with Gasteiger partial charge in [0.1, 0.15) is 23.1 Å². The second kappa shape index (κ2) is 8.33. The third kappa shape index (κ3) is 4.01. The first-order chi connectivity index (χ1) is 14.5. The highest BCUT2D eigenvalue weighted by Gasteiger charge is 2.32. The fraction of sp³-hybridized carbons (Fsp3) is 0.120. The van der Waals surface area contributed by atoms with Crippen LogP contribution in [0.25, 0.3) is 6.08 Å². The molecule has 3 aromatic rings. The molecular weight excluding hydrogens is 379 g/mol. The first-order valence-corrected chi connectivity index (χ1v) is 9.75. The van der Waals surface area contributed by atoms with Crippen molar-refractivity contribution in [3.05, 3.63) is 101 Å². The molecule has 1 amide bonds. The van der Waals surface area contributed by atoms with E-state index >= 15 is 0 Å². The Labute approximate surface area is 175 Å². The van der Waals surface area contributed by atoms with Gasteiger partial charge in [-0.25, -0.2) is 9.38 Å². The first-order valence-electron chi connectivity index (χ1n) is 9.75. The Balaban J connectivity index is 1.76. The molecule has 0 atom stereocenters. The molecule has 0 radical (unpaired) electrons. The minimum atomic E-state index is -0.337. The molecule has 0 saturated carbocycles. The summed E-state index contributed by atoms with van der Waals surface area (Å²) < 4.78 is 18.9. The zero-order chi connectivity index (χ0) is 21.1. The van der Waals surface area contributed by atoms with Crippen molar-refractivity contribution in [1.82, 2.24) is 0 Å². The number of amidine groups is 1. The highest BCUT2D eigenvalue weighted by Crippen LogP contribution is 2.28. The van der Waals surface area contributed by atoms with Crippen molar-refractivity contribution < 1.29 is 13.9 Å². The predicted molar refractivity (Wildman–Crippen MR) is 117 cm³/mol. The summed E-state index contributed by atoms with van der Waals surface area (Å²) in [6.07, 6.45) is 1.75. The van der Waals surface area contributed by atoms with Gasteiger partial charge >= 0.3 is 0 Å². The number of carbonyl (C=O) groups is 1. The number of nitrogens with zero attached hydrogens (tertiary/aromatic N) is 2. The zero-order valence-electron chi connectivity index (χ0n) is 16.8. The van der Waals surface area contributed by atoms with E-state index in [1.54, 1.807) is 23.1 Å². The maximum atomic E-state index is 13.4. The van der Waals surface area contributed by atoms with E-state index < -0.39 is 0 Å². The fourth-order valence-corrected chi connectivity index (χ4v) is 3.30. The Morgan fingerprint density at radius 1 is 1.03 bits per heavy atom. The van der Waals surface area contributed by atoms with Crippen LogP contribution in [0.3, 0.4) is 0 Å². The molecule has 0 unspecified atom stereocenters. The van der Waals surface area contributed by atoms with Crippen LogP contribution in [0, 0.1) is 12.7 Å². The monoisotopic (exact) mass is 400 g/mol. The molecule has 0 bridgehead atoms. The van der Waals surface area contributed by atoms with Crippen LogP contribution in [-0.2, 0) is 4.79 Å². The summed E-state index contributed by atoms with van der Waals surface area (Å²) in [5.41, 5.74) is 3.58. The number of anilines is 1. The van der Waals surface area contributed by atoms with Gasteiger partial charge in [0.25, 0.3) is 5.91 Å². The van der Waals surface area contributed by atoms with E-state index in [0.717, 1.165) is 22.6 Å². The second-order valence-electron chi connectivity index (χ2n) is 6.95. The van der Waals surface area contributed by atoms with Gasteiger partial charge in [-0.1, -0.05) is 24.3 Å². The molecule has 0 saturated heterocycles. The largest absolute Gasteiger partial charge is 0.494 e. The highest BCUT2D eigenvalue weighted by atomic mass is 19.1. The Morgan fingerprint density at radius 2 is 1.77 bits per heavy atom. The molecule has 3 aromatic carbocycles. The van der Waals surface area contributed by atoms with Gasteiger partial charge in [0.15, 0.2) is 0 Å². The number of amides is 1. The van der Waals surface area contributed by atoms with Gasteiger partial charge in [-0.05, 0) is 79.6 Å². The number of ether oxygens (including phenoxy) is 1. The van der Waals surface area contributed by atoms with Crippen LogP contribution in [-0.4, -0.2) is 18.3 Å². The summed E-state index contributed by atoms with van der Waals surface area (Å²) in [6.45, 7) is 4.49. The van der Waals surface area contributed by atoms with Crippen LogP contribution in [0.2, 0.25) is 0 Å². The molecule has 0 aromatic heterocycles. The number of aliphatic imine (C=N–C) groups is 1. The third-order valence-electron chi connectivity index (χ3n) is 4.72. The smallest absolute Gasteiger partial charge is 0.282 e. The molecule has 0 N–H and O–H groups in total. The van der Waals surface area contributed by atoms with Crippen LogP contribution in [0.5, 0.6) is 5.75 Å². The normalized spacial score (nSPS) is 14.9. The van der Waals surface area contributed by atoms with E-state index in [9.17, 15) is 9.18 Å². The topological polar surface area (TPSA) is 41.9 Å². The summed E-state index contributed by atoms with van der Waals surface area (Å²) in [5.74, 6) is 0.682. The molecule has 0 aliphatic carbocycles. The Morgan fingerprint density at radius 3 is 2.43 bits per heavy atom. The SMILES string of the molecule is CCOc1ccc(/C=C2/N=C(c3ccc(F)cc3)N(c3cccc(C)c3)C2=O)cc1. The molecule has 5 heteroatoms.